The summed E-state index contributed by atoms with van der Waals surface area (Å²) in [5, 5.41) is 0. The molecule has 0 saturated heterocycles. The lowest BCUT2D eigenvalue weighted by Gasteiger charge is -2.30. The second-order valence-corrected chi connectivity index (χ2v) is 5.22. The number of anilines is 2. The van der Waals surface area contributed by atoms with Crippen molar-refractivity contribution in [2.75, 3.05) is 44.6 Å². The average molecular weight is 297 g/mol. The van der Waals surface area contributed by atoms with Gasteiger partial charge in [-0.3, -0.25) is 0 Å². The fourth-order valence-corrected chi connectivity index (χ4v) is 2.00. The normalized spacial score (nSPS) is 12.5. The second-order valence-electron chi connectivity index (χ2n) is 5.22. The molecule has 0 radical (unpaired) electrons. The highest BCUT2D eigenvalue weighted by Crippen LogP contribution is 2.25. The zero-order valence-corrected chi connectivity index (χ0v) is 13.6. The Labute approximate surface area is 127 Å². The molecule has 2 N–H and O–H groups in total. The van der Waals surface area contributed by atoms with E-state index in [1.54, 1.807) is 14.2 Å². The number of aromatic nitrogens is 1. The number of methoxy groups -OCH3 is 2. The Bertz CT molecular complexity index is 427. The predicted molar refractivity (Wildman–Crippen MR) is 85.0 cm³/mol. The standard InChI is InChI=1S/C15H27N3O3/c1-11(2)21-15-13(16)6-7-14(17-15)18(8-9-19-4)12(3)10-20-5/h6-7,11-12H,8-10,16H2,1-5H3. The van der Waals surface area contributed by atoms with Gasteiger partial charge < -0.3 is 24.8 Å². The molecule has 1 heterocycles. The lowest BCUT2D eigenvalue weighted by molar-refractivity contribution is 0.170. The smallest absolute Gasteiger partial charge is 0.239 e. The minimum atomic E-state index is 0.0267. The Morgan fingerprint density at radius 2 is 1.90 bits per heavy atom. The molecule has 0 aliphatic rings. The van der Waals surface area contributed by atoms with Crippen molar-refractivity contribution in [2.24, 2.45) is 0 Å². The van der Waals surface area contributed by atoms with Crippen LogP contribution in [0.2, 0.25) is 0 Å². The maximum absolute atomic E-state index is 5.92. The van der Waals surface area contributed by atoms with Gasteiger partial charge in [0.05, 0.1) is 31.0 Å². The van der Waals surface area contributed by atoms with Gasteiger partial charge in [0.2, 0.25) is 5.88 Å². The zero-order chi connectivity index (χ0) is 15.8. The van der Waals surface area contributed by atoms with E-state index < -0.39 is 0 Å². The van der Waals surface area contributed by atoms with Crippen LogP contribution in [0.15, 0.2) is 12.1 Å². The molecule has 1 rings (SSSR count). The van der Waals surface area contributed by atoms with E-state index in [1.807, 2.05) is 26.0 Å². The van der Waals surface area contributed by atoms with Gasteiger partial charge in [-0.2, -0.15) is 4.98 Å². The van der Waals surface area contributed by atoms with Crippen molar-refractivity contribution in [1.82, 2.24) is 4.98 Å². The summed E-state index contributed by atoms with van der Waals surface area (Å²) in [6.07, 6.45) is 0.0267. The van der Waals surface area contributed by atoms with Gasteiger partial charge in [-0.25, -0.2) is 0 Å². The quantitative estimate of drug-likeness (QED) is 0.751. The summed E-state index contributed by atoms with van der Waals surface area (Å²) in [6, 6.07) is 3.89. The third kappa shape index (κ3) is 5.40. The van der Waals surface area contributed by atoms with Crippen molar-refractivity contribution in [2.45, 2.75) is 32.9 Å². The number of nitrogen functional groups attached to an aromatic ring is 1. The first kappa shape index (κ1) is 17.5. The summed E-state index contributed by atoms with van der Waals surface area (Å²) < 4.78 is 16.1. The molecule has 0 amide bonds. The van der Waals surface area contributed by atoms with E-state index in [0.29, 0.717) is 24.8 Å². The highest BCUT2D eigenvalue weighted by molar-refractivity contribution is 5.55. The summed E-state index contributed by atoms with van der Waals surface area (Å²) >= 11 is 0. The molecule has 6 nitrogen and oxygen atoms in total. The minimum absolute atomic E-state index is 0.0267. The van der Waals surface area contributed by atoms with Gasteiger partial charge in [-0.05, 0) is 32.9 Å². The summed E-state index contributed by atoms with van der Waals surface area (Å²) in [6.45, 7) is 7.92. The minimum Gasteiger partial charge on any atom is -0.473 e. The molecule has 1 aromatic heterocycles. The largest absolute Gasteiger partial charge is 0.473 e. The molecule has 0 aromatic carbocycles. The maximum Gasteiger partial charge on any atom is 0.239 e. The third-order valence-electron chi connectivity index (χ3n) is 2.99. The first-order valence-electron chi connectivity index (χ1n) is 7.17. The van der Waals surface area contributed by atoms with Crippen molar-refractivity contribution in [1.29, 1.82) is 0 Å². The highest BCUT2D eigenvalue weighted by atomic mass is 16.5. The van der Waals surface area contributed by atoms with Crippen LogP contribution in [0.25, 0.3) is 0 Å². The van der Waals surface area contributed by atoms with E-state index in [2.05, 4.69) is 16.8 Å². The van der Waals surface area contributed by atoms with Gasteiger partial charge >= 0.3 is 0 Å². The highest BCUT2D eigenvalue weighted by Gasteiger charge is 2.17. The molecule has 1 aromatic rings. The van der Waals surface area contributed by atoms with Crippen LogP contribution in [-0.2, 0) is 9.47 Å². The van der Waals surface area contributed by atoms with Crippen LogP contribution in [0.4, 0.5) is 11.5 Å². The van der Waals surface area contributed by atoms with E-state index in [-0.39, 0.29) is 12.1 Å². The summed E-state index contributed by atoms with van der Waals surface area (Å²) in [5.41, 5.74) is 6.46. The summed E-state index contributed by atoms with van der Waals surface area (Å²) in [4.78, 5) is 6.66. The van der Waals surface area contributed by atoms with Gasteiger partial charge in [-0.1, -0.05) is 0 Å². The van der Waals surface area contributed by atoms with Gasteiger partial charge in [0, 0.05) is 20.8 Å². The van der Waals surface area contributed by atoms with Crippen LogP contribution in [-0.4, -0.2) is 51.1 Å². The molecular weight excluding hydrogens is 270 g/mol. The fourth-order valence-electron chi connectivity index (χ4n) is 2.00. The molecule has 0 spiro atoms. The number of nitrogens with zero attached hydrogens (tertiary/aromatic N) is 2. The van der Waals surface area contributed by atoms with Gasteiger partial charge in [-0.15, -0.1) is 0 Å². The molecule has 0 saturated carbocycles. The van der Waals surface area contributed by atoms with Crippen LogP contribution in [0, 0.1) is 0 Å². The van der Waals surface area contributed by atoms with Gasteiger partial charge in [0.1, 0.15) is 5.82 Å². The van der Waals surface area contributed by atoms with Gasteiger partial charge in [0.25, 0.3) is 0 Å². The number of hydrogen-bond acceptors (Lipinski definition) is 6. The topological polar surface area (TPSA) is 69.8 Å². The van der Waals surface area contributed by atoms with Crippen molar-refractivity contribution in [3.63, 3.8) is 0 Å². The first-order chi connectivity index (χ1) is 9.99. The molecule has 1 atom stereocenters. The van der Waals surface area contributed by atoms with Crippen molar-refractivity contribution >= 4 is 11.5 Å². The molecule has 1 unspecified atom stereocenters. The third-order valence-corrected chi connectivity index (χ3v) is 2.99. The summed E-state index contributed by atoms with van der Waals surface area (Å²) in [7, 11) is 3.37. The van der Waals surface area contributed by atoms with E-state index >= 15 is 0 Å². The Morgan fingerprint density at radius 1 is 1.19 bits per heavy atom. The molecule has 6 heteroatoms. The number of pyridine rings is 1. The second kappa shape index (κ2) is 8.69. The van der Waals surface area contributed by atoms with Crippen LogP contribution >= 0.6 is 0 Å². The Kier molecular flexibility index (Phi) is 7.25. The van der Waals surface area contributed by atoms with E-state index in [9.17, 15) is 0 Å². The molecule has 120 valence electrons. The first-order valence-corrected chi connectivity index (χ1v) is 7.17. The van der Waals surface area contributed by atoms with Crippen molar-refractivity contribution in [3.8, 4) is 5.88 Å². The number of ether oxygens (including phenoxy) is 3. The van der Waals surface area contributed by atoms with Crippen LogP contribution in [0.5, 0.6) is 5.88 Å². The monoisotopic (exact) mass is 297 g/mol. The SMILES string of the molecule is COCCN(c1ccc(N)c(OC(C)C)n1)C(C)COC. The number of nitrogens with two attached hydrogens (primary N) is 1. The molecule has 21 heavy (non-hydrogen) atoms. The lowest BCUT2D eigenvalue weighted by atomic mass is 10.2. The number of hydrogen-bond donors (Lipinski definition) is 1. The Hall–Kier alpha value is -1.53. The van der Waals surface area contributed by atoms with E-state index in [0.717, 1.165) is 12.4 Å². The van der Waals surface area contributed by atoms with Crippen molar-refractivity contribution < 1.29 is 14.2 Å². The van der Waals surface area contributed by atoms with E-state index in [4.69, 9.17) is 19.9 Å². The average Bonchev–Trinajstić information content (AvgIpc) is 2.42. The van der Waals surface area contributed by atoms with Gasteiger partial charge in [0.15, 0.2) is 0 Å². The molecule has 0 fully saturated rings. The van der Waals surface area contributed by atoms with Crippen LogP contribution in [0.3, 0.4) is 0 Å². The molecular formula is C15H27N3O3. The maximum atomic E-state index is 5.92. The lowest BCUT2D eigenvalue weighted by Crippen LogP contribution is -2.39. The van der Waals surface area contributed by atoms with E-state index in [1.165, 1.54) is 0 Å². The fraction of sp³-hybridized carbons (Fsp3) is 0.667. The number of rotatable bonds is 9. The molecule has 0 aliphatic carbocycles. The molecule has 0 aliphatic heterocycles. The molecule has 0 bridgehead atoms. The zero-order valence-electron chi connectivity index (χ0n) is 13.6. The predicted octanol–water partition coefficient (Wildman–Crippen LogP) is 1.94. The Morgan fingerprint density at radius 3 is 2.48 bits per heavy atom. The van der Waals surface area contributed by atoms with Crippen LogP contribution < -0.4 is 15.4 Å². The van der Waals surface area contributed by atoms with Crippen molar-refractivity contribution in [3.05, 3.63) is 12.1 Å². The summed E-state index contributed by atoms with van der Waals surface area (Å²) in [5.74, 6) is 1.27. The Balaban J connectivity index is 3.00. The van der Waals surface area contributed by atoms with Crippen LogP contribution in [0.1, 0.15) is 20.8 Å².